The number of aliphatic hydroxyl groups is 1. The Balaban J connectivity index is 2.51. The Morgan fingerprint density at radius 1 is 1.57 bits per heavy atom. The van der Waals surface area contributed by atoms with Crippen molar-refractivity contribution in [1.82, 2.24) is 0 Å². The van der Waals surface area contributed by atoms with Crippen LogP contribution in [0.15, 0.2) is 11.4 Å². The number of thiophene rings is 1. The van der Waals surface area contributed by atoms with Crippen LogP contribution in [0.1, 0.15) is 24.3 Å². The fourth-order valence-corrected chi connectivity index (χ4v) is 1.65. The second-order valence-electron chi connectivity index (χ2n) is 3.12. The van der Waals surface area contributed by atoms with E-state index in [1.807, 2.05) is 25.3 Å². The maximum Gasteiger partial charge on any atom is 0.104 e. The highest BCUT2D eigenvalue weighted by Gasteiger charge is 1.99. The fourth-order valence-electron chi connectivity index (χ4n) is 0.912. The third kappa shape index (κ3) is 3.93. The van der Waals surface area contributed by atoms with Crippen molar-refractivity contribution < 1.29 is 9.84 Å². The molecule has 2 nitrogen and oxygen atoms in total. The SMILES string of the molecule is CC(C)OCc1cc(C#CCO)cs1. The van der Waals surface area contributed by atoms with E-state index in [2.05, 4.69) is 11.8 Å². The van der Waals surface area contributed by atoms with Crippen LogP contribution in [0.2, 0.25) is 0 Å². The third-order valence-electron chi connectivity index (χ3n) is 1.52. The lowest BCUT2D eigenvalue weighted by Crippen LogP contribution is -2.00. The molecule has 0 atom stereocenters. The lowest BCUT2D eigenvalue weighted by Gasteiger charge is -2.04. The summed E-state index contributed by atoms with van der Waals surface area (Å²) in [6, 6.07) is 2.00. The van der Waals surface area contributed by atoms with Gasteiger partial charge in [-0.05, 0) is 19.9 Å². The minimum absolute atomic E-state index is 0.0896. The van der Waals surface area contributed by atoms with Crippen LogP contribution in [0, 0.1) is 11.8 Å². The smallest absolute Gasteiger partial charge is 0.104 e. The van der Waals surface area contributed by atoms with E-state index in [9.17, 15) is 0 Å². The van der Waals surface area contributed by atoms with E-state index >= 15 is 0 Å². The summed E-state index contributed by atoms with van der Waals surface area (Å²) in [7, 11) is 0. The quantitative estimate of drug-likeness (QED) is 0.773. The molecule has 0 aliphatic carbocycles. The van der Waals surface area contributed by atoms with Crippen LogP contribution in [-0.2, 0) is 11.3 Å². The summed E-state index contributed by atoms with van der Waals surface area (Å²) in [5.74, 6) is 5.47. The maximum atomic E-state index is 8.52. The van der Waals surface area contributed by atoms with Gasteiger partial charge in [0.1, 0.15) is 6.61 Å². The molecule has 0 bridgehead atoms. The topological polar surface area (TPSA) is 29.5 Å². The number of hydrogen-bond acceptors (Lipinski definition) is 3. The van der Waals surface area contributed by atoms with Gasteiger partial charge >= 0.3 is 0 Å². The van der Waals surface area contributed by atoms with E-state index in [0.29, 0.717) is 6.61 Å². The molecule has 76 valence electrons. The van der Waals surface area contributed by atoms with Crippen molar-refractivity contribution in [3.63, 3.8) is 0 Å². The lowest BCUT2D eigenvalue weighted by molar-refractivity contribution is 0.0674. The summed E-state index contributed by atoms with van der Waals surface area (Å²) < 4.78 is 5.46. The Kier molecular flexibility index (Phi) is 4.68. The maximum absolute atomic E-state index is 8.52. The summed E-state index contributed by atoms with van der Waals surface area (Å²) in [5.41, 5.74) is 0.950. The molecule has 3 heteroatoms. The molecule has 0 fully saturated rings. The number of hydrogen-bond donors (Lipinski definition) is 1. The monoisotopic (exact) mass is 210 g/mol. The third-order valence-corrected chi connectivity index (χ3v) is 2.43. The Bertz CT molecular complexity index is 331. The van der Waals surface area contributed by atoms with Crippen molar-refractivity contribution >= 4 is 11.3 Å². The molecule has 0 aromatic carbocycles. The number of ether oxygens (including phenoxy) is 1. The Morgan fingerprint density at radius 2 is 2.36 bits per heavy atom. The summed E-state index contributed by atoms with van der Waals surface area (Å²) >= 11 is 1.63. The molecule has 0 saturated carbocycles. The first-order valence-corrected chi connectivity index (χ1v) is 5.39. The van der Waals surface area contributed by atoms with Crippen LogP contribution in [-0.4, -0.2) is 17.8 Å². The summed E-state index contributed by atoms with van der Waals surface area (Å²) in [5, 5.41) is 10.5. The van der Waals surface area contributed by atoms with Gasteiger partial charge in [-0.2, -0.15) is 0 Å². The first kappa shape index (κ1) is 11.3. The van der Waals surface area contributed by atoms with Gasteiger partial charge in [-0.25, -0.2) is 0 Å². The fraction of sp³-hybridized carbons (Fsp3) is 0.455. The predicted molar refractivity (Wildman–Crippen MR) is 58.2 cm³/mol. The average molecular weight is 210 g/mol. The normalized spacial score (nSPS) is 10.0. The zero-order valence-electron chi connectivity index (χ0n) is 8.41. The molecule has 0 radical (unpaired) electrons. The molecule has 1 aromatic heterocycles. The molecule has 0 amide bonds. The highest BCUT2D eigenvalue weighted by molar-refractivity contribution is 7.10. The second kappa shape index (κ2) is 5.82. The molecule has 0 aliphatic rings. The molecular formula is C11H14O2S. The second-order valence-corrected chi connectivity index (χ2v) is 4.12. The van der Waals surface area contributed by atoms with Crippen molar-refractivity contribution in [3.8, 4) is 11.8 Å². The Hall–Kier alpha value is -0.820. The van der Waals surface area contributed by atoms with Crippen molar-refractivity contribution in [3.05, 3.63) is 21.9 Å². The van der Waals surface area contributed by atoms with Crippen LogP contribution in [0.4, 0.5) is 0 Å². The van der Waals surface area contributed by atoms with E-state index in [0.717, 1.165) is 5.56 Å². The zero-order chi connectivity index (χ0) is 10.4. The molecule has 1 aromatic rings. The largest absolute Gasteiger partial charge is 0.384 e. The van der Waals surface area contributed by atoms with E-state index in [1.165, 1.54) is 4.88 Å². The minimum atomic E-state index is -0.0896. The molecule has 0 spiro atoms. The van der Waals surface area contributed by atoms with Crippen LogP contribution < -0.4 is 0 Å². The number of rotatable bonds is 3. The Morgan fingerprint density at radius 3 is 3.00 bits per heavy atom. The molecule has 0 unspecified atom stereocenters. The number of aliphatic hydroxyl groups excluding tert-OH is 1. The predicted octanol–water partition coefficient (Wildman–Crippen LogP) is 2.02. The van der Waals surface area contributed by atoms with Gasteiger partial charge in [-0.3, -0.25) is 0 Å². The summed E-state index contributed by atoms with van der Waals surface area (Å²) in [6.45, 7) is 4.58. The van der Waals surface area contributed by atoms with Crippen molar-refractivity contribution in [1.29, 1.82) is 0 Å². The van der Waals surface area contributed by atoms with Crippen LogP contribution in [0.3, 0.4) is 0 Å². The zero-order valence-corrected chi connectivity index (χ0v) is 9.23. The average Bonchev–Trinajstić information content (AvgIpc) is 2.59. The summed E-state index contributed by atoms with van der Waals surface area (Å²) in [4.78, 5) is 1.17. The van der Waals surface area contributed by atoms with Gasteiger partial charge < -0.3 is 9.84 Å². The van der Waals surface area contributed by atoms with Gasteiger partial charge in [0.25, 0.3) is 0 Å². The lowest BCUT2D eigenvalue weighted by atomic mass is 10.3. The van der Waals surface area contributed by atoms with Gasteiger partial charge in [-0.15, -0.1) is 11.3 Å². The summed E-state index contributed by atoms with van der Waals surface area (Å²) in [6.07, 6.45) is 0.254. The van der Waals surface area contributed by atoms with Crippen molar-refractivity contribution in [2.75, 3.05) is 6.61 Å². The highest BCUT2D eigenvalue weighted by Crippen LogP contribution is 2.15. The van der Waals surface area contributed by atoms with Gasteiger partial charge in [0, 0.05) is 15.8 Å². The molecule has 14 heavy (non-hydrogen) atoms. The Labute approximate surface area is 88.5 Å². The van der Waals surface area contributed by atoms with E-state index in [4.69, 9.17) is 9.84 Å². The van der Waals surface area contributed by atoms with Crippen LogP contribution >= 0.6 is 11.3 Å². The molecule has 1 N–H and O–H groups in total. The molecule has 1 heterocycles. The molecular weight excluding hydrogens is 196 g/mol. The molecule has 1 rings (SSSR count). The van der Waals surface area contributed by atoms with Crippen LogP contribution in [0.5, 0.6) is 0 Å². The van der Waals surface area contributed by atoms with Crippen molar-refractivity contribution in [2.45, 2.75) is 26.6 Å². The van der Waals surface area contributed by atoms with Gasteiger partial charge in [0.05, 0.1) is 12.7 Å². The van der Waals surface area contributed by atoms with E-state index < -0.39 is 0 Å². The first-order valence-electron chi connectivity index (χ1n) is 4.51. The molecule has 0 saturated heterocycles. The van der Waals surface area contributed by atoms with Gasteiger partial charge in [0.15, 0.2) is 0 Å². The molecule has 0 aliphatic heterocycles. The standard InChI is InChI=1S/C11H14O2S/c1-9(2)13-7-11-6-10(8-14-11)4-3-5-12/h6,8-9,12H,5,7H2,1-2H3. The minimum Gasteiger partial charge on any atom is -0.384 e. The first-order chi connectivity index (χ1) is 6.72. The van der Waals surface area contributed by atoms with Gasteiger partial charge in [-0.1, -0.05) is 11.8 Å². The van der Waals surface area contributed by atoms with Crippen LogP contribution in [0.25, 0.3) is 0 Å². The highest BCUT2D eigenvalue weighted by atomic mass is 32.1. The van der Waals surface area contributed by atoms with E-state index in [1.54, 1.807) is 11.3 Å². The van der Waals surface area contributed by atoms with E-state index in [-0.39, 0.29) is 12.7 Å². The van der Waals surface area contributed by atoms with Gasteiger partial charge in [0.2, 0.25) is 0 Å². The van der Waals surface area contributed by atoms with Crippen molar-refractivity contribution in [2.24, 2.45) is 0 Å².